The highest BCUT2D eigenvalue weighted by atomic mass is 19.4. The van der Waals surface area contributed by atoms with Crippen molar-refractivity contribution >= 4 is 5.91 Å². The van der Waals surface area contributed by atoms with Crippen molar-refractivity contribution in [3.8, 4) is 11.3 Å². The van der Waals surface area contributed by atoms with Gasteiger partial charge in [0, 0.05) is 42.2 Å². The quantitative estimate of drug-likeness (QED) is 0.714. The van der Waals surface area contributed by atoms with E-state index in [2.05, 4.69) is 15.2 Å². The van der Waals surface area contributed by atoms with Crippen molar-refractivity contribution in [1.82, 2.24) is 20.2 Å². The molecule has 1 N–H and O–H groups in total. The van der Waals surface area contributed by atoms with Gasteiger partial charge in [0.1, 0.15) is 5.82 Å². The van der Waals surface area contributed by atoms with E-state index in [1.165, 1.54) is 12.1 Å². The lowest BCUT2D eigenvalue weighted by atomic mass is 9.74. The van der Waals surface area contributed by atoms with E-state index in [1.54, 1.807) is 0 Å². The number of hydrogen-bond acceptors (Lipinski definition) is 4. The molecule has 4 heterocycles. The third-order valence-corrected chi connectivity index (χ3v) is 7.61. The van der Waals surface area contributed by atoms with E-state index in [0.717, 1.165) is 63.0 Å². The van der Waals surface area contributed by atoms with E-state index in [4.69, 9.17) is 4.98 Å². The summed E-state index contributed by atoms with van der Waals surface area (Å²) in [5.41, 5.74) is 1.62. The molecule has 3 aliphatic heterocycles. The van der Waals surface area contributed by atoms with Crippen LogP contribution in [-0.4, -0.2) is 46.5 Å². The minimum Gasteiger partial charge on any atom is -0.354 e. The molecule has 0 radical (unpaired) electrons. The number of nitrogens with one attached hydrogen (secondary N) is 1. The first kappa shape index (κ1) is 22.3. The van der Waals surface area contributed by atoms with Gasteiger partial charge in [0.2, 0.25) is 5.91 Å². The Bertz CT molecular complexity index is 1020. The Morgan fingerprint density at radius 2 is 1.91 bits per heavy atom. The lowest BCUT2D eigenvalue weighted by molar-refractivity contribution is -0.137. The molecule has 3 saturated heterocycles. The molecule has 8 heteroatoms. The Kier molecular flexibility index (Phi) is 5.89. The molecule has 33 heavy (non-hydrogen) atoms. The molecule has 1 unspecified atom stereocenters. The molecule has 0 spiro atoms. The molecule has 5 nitrogen and oxygen atoms in total. The molecular formula is C25H29F3N4O. The smallest absolute Gasteiger partial charge is 0.354 e. The lowest BCUT2D eigenvalue weighted by Gasteiger charge is -2.50. The summed E-state index contributed by atoms with van der Waals surface area (Å²) in [7, 11) is 0. The topological polar surface area (TPSA) is 58.1 Å². The summed E-state index contributed by atoms with van der Waals surface area (Å²) in [6.45, 7) is 4.45. The van der Waals surface area contributed by atoms with E-state index < -0.39 is 11.7 Å². The van der Waals surface area contributed by atoms with Crippen LogP contribution in [-0.2, 0) is 11.0 Å². The fourth-order valence-corrected chi connectivity index (χ4v) is 5.48. The van der Waals surface area contributed by atoms with Gasteiger partial charge in [-0.3, -0.25) is 9.69 Å². The number of rotatable bonds is 5. The summed E-state index contributed by atoms with van der Waals surface area (Å²) in [6, 6.07) is 7.46. The Morgan fingerprint density at radius 1 is 1.15 bits per heavy atom. The van der Waals surface area contributed by atoms with E-state index >= 15 is 0 Å². The van der Waals surface area contributed by atoms with E-state index in [9.17, 15) is 18.0 Å². The van der Waals surface area contributed by atoms with Gasteiger partial charge in [0.05, 0.1) is 11.3 Å². The third-order valence-electron chi connectivity index (χ3n) is 7.61. The maximum atomic E-state index is 12.9. The lowest BCUT2D eigenvalue weighted by Crippen LogP contribution is -2.56. The van der Waals surface area contributed by atoms with Gasteiger partial charge in [0.25, 0.3) is 0 Å². The largest absolute Gasteiger partial charge is 0.416 e. The number of carbonyl (C=O) groups excluding carboxylic acids is 1. The molecule has 1 amide bonds. The van der Waals surface area contributed by atoms with Crippen LogP contribution in [0, 0.1) is 18.8 Å². The van der Waals surface area contributed by atoms with Crippen LogP contribution in [0.4, 0.5) is 13.2 Å². The number of alkyl halides is 3. The summed E-state index contributed by atoms with van der Waals surface area (Å²) in [5, 5.41) is 3.16. The molecule has 1 aromatic heterocycles. The normalized spacial score (nSPS) is 27.3. The first-order chi connectivity index (χ1) is 15.8. The van der Waals surface area contributed by atoms with Gasteiger partial charge in [-0.2, -0.15) is 13.2 Å². The van der Waals surface area contributed by atoms with Crippen LogP contribution in [0.15, 0.2) is 30.3 Å². The van der Waals surface area contributed by atoms with Crippen LogP contribution < -0.4 is 5.32 Å². The van der Waals surface area contributed by atoms with Crippen molar-refractivity contribution in [2.45, 2.75) is 57.2 Å². The zero-order valence-corrected chi connectivity index (χ0v) is 18.7. The third kappa shape index (κ3) is 4.63. The number of fused-ring (bicyclic) bond motifs is 3. The molecule has 1 aliphatic carbocycles. The first-order valence-electron chi connectivity index (χ1n) is 11.8. The predicted molar refractivity (Wildman–Crippen MR) is 118 cm³/mol. The van der Waals surface area contributed by atoms with Crippen molar-refractivity contribution in [3.05, 3.63) is 47.4 Å². The number of piperidine rings is 3. The summed E-state index contributed by atoms with van der Waals surface area (Å²) < 4.78 is 38.8. The Balaban J connectivity index is 1.29. The molecule has 2 bridgehead atoms. The predicted octanol–water partition coefficient (Wildman–Crippen LogP) is 4.56. The molecule has 176 valence electrons. The number of benzene rings is 1. The van der Waals surface area contributed by atoms with Crippen LogP contribution in [0.3, 0.4) is 0 Å². The fraction of sp³-hybridized carbons (Fsp3) is 0.560. The summed E-state index contributed by atoms with van der Waals surface area (Å²) in [6.07, 6.45) is 0.947. The van der Waals surface area contributed by atoms with E-state index in [0.29, 0.717) is 35.6 Å². The van der Waals surface area contributed by atoms with Crippen molar-refractivity contribution in [2.75, 3.05) is 19.6 Å². The maximum Gasteiger partial charge on any atom is 0.416 e. The number of hydrogen-bond donors (Lipinski definition) is 1. The van der Waals surface area contributed by atoms with Gasteiger partial charge in [-0.1, -0.05) is 18.6 Å². The van der Waals surface area contributed by atoms with Gasteiger partial charge in [0.15, 0.2) is 0 Å². The number of nitrogens with zero attached hydrogens (tertiary/aromatic N) is 3. The minimum atomic E-state index is -4.35. The standard InChI is InChI=1S/C25H29F3N4O/c1-15-30-22(16-5-7-19(8-6-16)25(26,27)28)12-23(31-15)21-14-32-10-9-18(21)11-20(32)13-29-24(33)17-3-2-4-17/h5-8,12,17-18,20-21H,2-4,9-11,13-14H2,1H3,(H,29,33)/t18-,20+,21+/m0/s1. The van der Waals surface area contributed by atoms with Crippen LogP contribution in [0.5, 0.6) is 0 Å². The average Bonchev–Trinajstić information content (AvgIpc) is 2.76. The van der Waals surface area contributed by atoms with Gasteiger partial charge in [-0.15, -0.1) is 0 Å². The van der Waals surface area contributed by atoms with Crippen LogP contribution in [0.2, 0.25) is 0 Å². The molecule has 6 rings (SSSR count). The van der Waals surface area contributed by atoms with Crippen molar-refractivity contribution < 1.29 is 18.0 Å². The second kappa shape index (κ2) is 8.70. The van der Waals surface area contributed by atoms with Crippen molar-refractivity contribution in [1.29, 1.82) is 0 Å². The number of amides is 1. The zero-order chi connectivity index (χ0) is 23.2. The SMILES string of the molecule is Cc1nc(-c2ccc(C(F)(F)F)cc2)cc([C@@H]2CN3CC[C@H]2C[C@@H]3CNC(=O)C2CCC2)n1. The molecule has 1 saturated carbocycles. The molecular weight excluding hydrogens is 429 g/mol. The fourth-order valence-electron chi connectivity index (χ4n) is 5.48. The molecule has 4 atom stereocenters. The molecule has 1 aromatic carbocycles. The second-order valence-electron chi connectivity index (χ2n) is 9.71. The highest BCUT2D eigenvalue weighted by molar-refractivity contribution is 5.79. The number of aromatic nitrogens is 2. The minimum absolute atomic E-state index is 0.202. The number of carbonyl (C=O) groups is 1. The molecule has 2 aromatic rings. The van der Waals surface area contributed by atoms with E-state index in [1.807, 2.05) is 13.0 Å². The Labute approximate surface area is 191 Å². The zero-order valence-electron chi connectivity index (χ0n) is 18.7. The Hall–Kier alpha value is -2.48. The maximum absolute atomic E-state index is 12.9. The van der Waals surface area contributed by atoms with Gasteiger partial charge in [-0.25, -0.2) is 9.97 Å². The first-order valence-corrected chi connectivity index (χ1v) is 11.8. The van der Waals surface area contributed by atoms with Gasteiger partial charge in [-0.05, 0) is 63.3 Å². The van der Waals surface area contributed by atoms with Crippen molar-refractivity contribution in [3.63, 3.8) is 0 Å². The number of aryl methyl sites for hydroxylation is 1. The average molecular weight is 459 g/mol. The van der Waals surface area contributed by atoms with Gasteiger partial charge >= 0.3 is 6.18 Å². The molecule has 4 fully saturated rings. The Morgan fingerprint density at radius 3 is 2.52 bits per heavy atom. The van der Waals surface area contributed by atoms with Crippen LogP contribution in [0.25, 0.3) is 11.3 Å². The van der Waals surface area contributed by atoms with E-state index in [-0.39, 0.29) is 17.7 Å². The monoisotopic (exact) mass is 458 g/mol. The van der Waals surface area contributed by atoms with Gasteiger partial charge < -0.3 is 5.32 Å². The highest BCUT2D eigenvalue weighted by Crippen LogP contribution is 2.42. The van der Waals surface area contributed by atoms with Crippen molar-refractivity contribution in [2.24, 2.45) is 11.8 Å². The summed E-state index contributed by atoms with van der Waals surface area (Å²) in [5.74, 6) is 1.79. The highest BCUT2D eigenvalue weighted by Gasteiger charge is 2.41. The van der Waals surface area contributed by atoms with Crippen LogP contribution in [0.1, 0.15) is 55.1 Å². The van der Waals surface area contributed by atoms with Crippen LogP contribution >= 0.6 is 0 Å². The summed E-state index contributed by atoms with van der Waals surface area (Å²) in [4.78, 5) is 23.9. The number of halogens is 3. The molecule has 4 aliphatic rings. The summed E-state index contributed by atoms with van der Waals surface area (Å²) >= 11 is 0. The second-order valence-corrected chi connectivity index (χ2v) is 9.71.